The summed E-state index contributed by atoms with van der Waals surface area (Å²) in [6, 6.07) is 9.44. The first-order chi connectivity index (χ1) is 16.3. The Balaban J connectivity index is 1.78. The van der Waals surface area contributed by atoms with E-state index in [9.17, 15) is 17.6 Å². The van der Waals surface area contributed by atoms with Crippen molar-refractivity contribution in [3.8, 4) is 0 Å². The first-order valence-corrected chi connectivity index (χ1v) is 14.3. The number of likely N-dealkylation sites (tertiary alicyclic amines) is 1. The Morgan fingerprint density at radius 1 is 1.17 bits per heavy atom. The lowest BCUT2D eigenvalue weighted by atomic mass is 9.78. The van der Waals surface area contributed by atoms with Gasteiger partial charge in [0.1, 0.15) is 15.7 Å². The van der Waals surface area contributed by atoms with E-state index in [0.717, 1.165) is 0 Å². The van der Waals surface area contributed by atoms with Crippen molar-refractivity contribution in [3.63, 3.8) is 0 Å². The van der Waals surface area contributed by atoms with Gasteiger partial charge in [-0.25, -0.2) is 12.8 Å². The number of sulfone groups is 1. The van der Waals surface area contributed by atoms with Crippen LogP contribution in [0.1, 0.15) is 37.3 Å². The predicted molar refractivity (Wildman–Crippen MR) is 139 cm³/mol. The lowest BCUT2D eigenvalue weighted by molar-refractivity contribution is -0.126. The van der Waals surface area contributed by atoms with Gasteiger partial charge < -0.3 is 11.1 Å². The summed E-state index contributed by atoms with van der Waals surface area (Å²) in [5, 5.41) is 3.14. The van der Waals surface area contributed by atoms with Crippen molar-refractivity contribution in [1.29, 1.82) is 0 Å². The standard InChI is InChI=1S/C24H29Cl3FN3O3S/c1-24(16-4-6-18(25)20(27)12-16,23(32)30-14-15-3-5-19(26)21(28)11-15)8-10-31-9-7-17(13-22(31)29)35(2,33)34/h3-6,11-12,17,22H,7-10,13-14,29H2,1-2H3,(H,30,32). The summed E-state index contributed by atoms with van der Waals surface area (Å²) in [7, 11) is -3.16. The molecule has 2 aromatic rings. The smallest absolute Gasteiger partial charge is 0.230 e. The number of nitrogens with zero attached hydrogens (tertiary/aromatic N) is 1. The minimum atomic E-state index is -3.16. The maximum atomic E-state index is 13.8. The van der Waals surface area contributed by atoms with Gasteiger partial charge in [-0.1, -0.05) is 46.9 Å². The highest BCUT2D eigenvalue weighted by Gasteiger charge is 2.38. The van der Waals surface area contributed by atoms with Crippen LogP contribution in [0.3, 0.4) is 0 Å². The van der Waals surface area contributed by atoms with Crippen LogP contribution < -0.4 is 11.1 Å². The summed E-state index contributed by atoms with van der Waals surface area (Å²) < 4.78 is 37.7. The van der Waals surface area contributed by atoms with Crippen molar-refractivity contribution < 1.29 is 17.6 Å². The molecule has 0 radical (unpaired) electrons. The number of hydrogen-bond acceptors (Lipinski definition) is 5. The lowest BCUT2D eigenvalue weighted by Gasteiger charge is -2.39. The van der Waals surface area contributed by atoms with Gasteiger partial charge in [0.2, 0.25) is 5.91 Å². The highest BCUT2D eigenvalue weighted by Crippen LogP contribution is 2.34. The Labute approximate surface area is 220 Å². The number of rotatable bonds is 8. The second-order valence-electron chi connectivity index (χ2n) is 9.22. The molecule has 6 nitrogen and oxygen atoms in total. The number of halogens is 4. The minimum absolute atomic E-state index is 0.0108. The lowest BCUT2D eigenvalue weighted by Crippen LogP contribution is -2.53. The molecule has 192 valence electrons. The molecular weight excluding hydrogens is 536 g/mol. The van der Waals surface area contributed by atoms with Crippen molar-refractivity contribution in [2.24, 2.45) is 5.73 Å². The first kappa shape index (κ1) is 28.2. The van der Waals surface area contributed by atoms with Crippen molar-refractivity contribution >= 4 is 50.5 Å². The molecule has 0 aromatic heterocycles. The van der Waals surface area contributed by atoms with E-state index in [1.54, 1.807) is 31.2 Å². The summed E-state index contributed by atoms with van der Waals surface area (Å²) in [6.45, 7) is 2.90. The first-order valence-electron chi connectivity index (χ1n) is 11.2. The third kappa shape index (κ3) is 6.87. The van der Waals surface area contributed by atoms with E-state index < -0.39 is 32.5 Å². The molecule has 0 saturated carbocycles. The molecule has 0 spiro atoms. The fourth-order valence-electron chi connectivity index (χ4n) is 4.30. The summed E-state index contributed by atoms with van der Waals surface area (Å²) in [4.78, 5) is 15.5. The Hall–Kier alpha value is -1.42. The van der Waals surface area contributed by atoms with Crippen LogP contribution in [0.25, 0.3) is 0 Å². The van der Waals surface area contributed by atoms with Gasteiger partial charge in [0.25, 0.3) is 0 Å². The average molecular weight is 565 g/mol. The van der Waals surface area contributed by atoms with Gasteiger partial charge in [-0.15, -0.1) is 0 Å². The Morgan fingerprint density at radius 2 is 1.86 bits per heavy atom. The number of hydrogen-bond donors (Lipinski definition) is 2. The minimum Gasteiger partial charge on any atom is -0.351 e. The monoisotopic (exact) mass is 563 g/mol. The molecule has 3 rings (SSSR count). The maximum Gasteiger partial charge on any atom is 0.230 e. The van der Waals surface area contributed by atoms with Gasteiger partial charge in [-0.05, 0) is 61.6 Å². The SMILES string of the molecule is CC(CCN1CCC(S(C)(=O)=O)CC1N)(C(=O)NCc1ccc(Cl)c(F)c1)c1ccc(Cl)c(Cl)c1. The fourth-order valence-corrected chi connectivity index (χ4v) is 5.80. The molecule has 3 N–H and O–H groups in total. The second-order valence-corrected chi connectivity index (χ2v) is 12.8. The van der Waals surface area contributed by atoms with Crippen LogP contribution >= 0.6 is 34.8 Å². The van der Waals surface area contributed by atoms with Gasteiger partial charge >= 0.3 is 0 Å². The summed E-state index contributed by atoms with van der Waals surface area (Å²) in [5.41, 5.74) is 6.53. The van der Waals surface area contributed by atoms with Crippen LogP contribution in [0.15, 0.2) is 36.4 Å². The van der Waals surface area contributed by atoms with Crippen molar-refractivity contribution in [2.75, 3.05) is 19.3 Å². The molecule has 1 aliphatic rings. The molecule has 3 unspecified atom stereocenters. The topological polar surface area (TPSA) is 92.5 Å². The van der Waals surface area contributed by atoms with Crippen LogP contribution in [-0.2, 0) is 26.6 Å². The van der Waals surface area contributed by atoms with Crippen LogP contribution in [0.2, 0.25) is 15.1 Å². The van der Waals surface area contributed by atoms with E-state index in [0.29, 0.717) is 53.5 Å². The van der Waals surface area contributed by atoms with Gasteiger partial charge in [0, 0.05) is 25.9 Å². The number of nitrogens with two attached hydrogens (primary N) is 1. The van der Waals surface area contributed by atoms with Crippen molar-refractivity contribution in [2.45, 2.75) is 49.6 Å². The van der Waals surface area contributed by atoms with Gasteiger partial charge in [0.15, 0.2) is 0 Å². The zero-order valence-electron chi connectivity index (χ0n) is 19.5. The Morgan fingerprint density at radius 3 is 2.46 bits per heavy atom. The van der Waals surface area contributed by atoms with E-state index in [1.807, 2.05) is 4.90 Å². The molecule has 1 fully saturated rings. The maximum absolute atomic E-state index is 13.8. The number of amides is 1. The van der Waals surface area contributed by atoms with E-state index in [2.05, 4.69) is 5.32 Å². The number of carbonyl (C=O) groups is 1. The molecule has 1 heterocycles. The zero-order valence-corrected chi connectivity index (χ0v) is 22.6. The number of nitrogens with one attached hydrogen (secondary N) is 1. The highest BCUT2D eigenvalue weighted by molar-refractivity contribution is 7.91. The average Bonchev–Trinajstić information content (AvgIpc) is 2.79. The van der Waals surface area contributed by atoms with Crippen LogP contribution in [0.4, 0.5) is 4.39 Å². The molecule has 0 aliphatic carbocycles. The largest absolute Gasteiger partial charge is 0.351 e. The van der Waals surface area contributed by atoms with E-state index in [4.69, 9.17) is 40.5 Å². The third-order valence-corrected chi connectivity index (χ3v) is 9.40. The summed E-state index contributed by atoms with van der Waals surface area (Å²) >= 11 is 18.1. The van der Waals surface area contributed by atoms with Gasteiger partial charge in [-0.2, -0.15) is 0 Å². The van der Waals surface area contributed by atoms with E-state index in [1.165, 1.54) is 18.4 Å². The third-order valence-electron chi connectivity index (χ3n) is 6.71. The summed E-state index contributed by atoms with van der Waals surface area (Å²) in [6.07, 6.45) is 2.03. The Bertz CT molecular complexity index is 1200. The van der Waals surface area contributed by atoms with Crippen LogP contribution in [0, 0.1) is 5.82 Å². The molecule has 1 amide bonds. The zero-order chi connectivity index (χ0) is 26.0. The fraction of sp³-hybridized carbons (Fsp3) is 0.458. The molecule has 0 bridgehead atoms. The molecule has 35 heavy (non-hydrogen) atoms. The number of benzene rings is 2. The number of piperidine rings is 1. The molecule has 1 aliphatic heterocycles. The molecule has 2 aromatic carbocycles. The molecule has 1 saturated heterocycles. The molecule has 3 atom stereocenters. The van der Waals surface area contributed by atoms with E-state index >= 15 is 0 Å². The van der Waals surface area contributed by atoms with E-state index in [-0.39, 0.29) is 17.5 Å². The second kappa shape index (κ2) is 11.3. The highest BCUT2D eigenvalue weighted by atomic mass is 35.5. The molecular formula is C24H29Cl3FN3O3S. The van der Waals surface area contributed by atoms with Gasteiger partial charge in [-0.3, -0.25) is 9.69 Å². The number of carbonyl (C=O) groups excluding carboxylic acids is 1. The quantitative estimate of drug-likeness (QED) is 0.491. The summed E-state index contributed by atoms with van der Waals surface area (Å²) in [5.74, 6) is -0.831. The van der Waals surface area contributed by atoms with Gasteiger partial charge in [0.05, 0.1) is 31.9 Å². The Kier molecular flexibility index (Phi) is 9.10. The normalized spacial score (nSPS) is 20.9. The van der Waals surface area contributed by atoms with Crippen molar-refractivity contribution in [3.05, 3.63) is 68.4 Å². The van der Waals surface area contributed by atoms with Crippen molar-refractivity contribution in [1.82, 2.24) is 10.2 Å². The molecule has 11 heteroatoms. The van der Waals surface area contributed by atoms with Crippen LogP contribution in [-0.4, -0.2) is 50.0 Å². The predicted octanol–water partition coefficient (Wildman–Crippen LogP) is 4.54. The van der Waals surface area contributed by atoms with Crippen LogP contribution in [0.5, 0.6) is 0 Å².